The summed E-state index contributed by atoms with van der Waals surface area (Å²) < 4.78 is 19.1. The van der Waals surface area contributed by atoms with Crippen molar-refractivity contribution in [3.63, 3.8) is 0 Å². The Morgan fingerprint density at radius 3 is 2.00 bits per heavy atom. The van der Waals surface area contributed by atoms with Gasteiger partial charge >= 0.3 is 17.3 Å². The van der Waals surface area contributed by atoms with Crippen molar-refractivity contribution >= 4 is 47.0 Å². The molecular weight excluding hydrogens is 636 g/mol. The van der Waals surface area contributed by atoms with Crippen molar-refractivity contribution in [2.24, 2.45) is 0 Å². The van der Waals surface area contributed by atoms with E-state index in [1.165, 1.54) is 32.7 Å². The molecule has 14 nitrogen and oxygen atoms in total. The van der Waals surface area contributed by atoms with Crippen molar-refractivity contribution < 1.29 is 28.9 Å². The minimum absolute atomic E-state index is 0.0572. The van der Waals surface area contributed by atoms with E-state index in [9.17, 15) is 19.2 Å². The Balaban J connectivity index is 0.000000232. The van der Waals surface area contributed by atoms with Crippen molar-refractivity contribution in [2.75, 3.05) is 37.5 Å². The van der Waals surface area contributed by atoms with Crippen LogP contribution in [0.5, 0.6) is 0 Å². The normalized spacial score (nSPS) is 20.4. The summed E-state index contributed by atoms with van der Waals surface area (Å²) >= 11 is 2.76. The SMILES string of the molecule is Nc1ccn([C@H]2CO[C@@H](CO)S2)c(=O)n1.O=C(Nc1ccn([C@H]2CO[C@@H](COC(=O)c3ccccc3)S2)c(=O)n1)c1ccccc1. The van der Waals surface area contributed by atoms with E-state index >= 15 is 0 Å². The molecule has 16 heteroatoms. The molecule has 4 N–H and O–H groups in total. The van der Waals surface area contributed by atoms with Crippen molar-refractivity contribution in [2.45, 2.75) is 21.6 Å². The number of amides is 1. The Bertz CT molecular complexity index is 1760. The number of thioether (sulfide) groups is 2. The first kappa shape index (κ1) is 32.9. The van der Waals surface area contributed by atoms with E-state index in [2.05, 4.69) is 15.3 Å². The van der Waals surface area contributed by atoms with Crippen LogP contribution < -0.4 is 22.4 Å². The standard InChI is InChI=1S/C22H19N3O5S.C8H11N3O3S/c26-20(15-7-3-1-4-8-15)23-17-11-12-25(22(28)24-17)18-13-29-19(31-18)14-30-21(27)16-9-5-2-6-10-16;9-5-1-2-11(8(13)10-5)6-4-14-7(3-12)15-6/h1-12,18-19H,13-14H2,(H,23,24,26,28);1-2,6-7,12H,3-4H2,(H2,9,10,13)/t18-,19-;6-,7-/m11/s1. The molecule has 2 fully saturated rings. The Morgan fingerprint density at radius 2 is 1.41 bits per heavy atom. The van der Waals surface area contributed by atoms with E-state index in [-0.39, 0.29) is 59.0 Å². The predicted molar refractivity (Wildman–Crippen MR) is 172 cm³/mol. The van der Waals surface area contributed by atoms with Crippen LogP contribution in [0.1, 0.15) is 31.5 Å². The highest BCUT2D eigenvalue weighted by atomic mass is 32.2. The molecule has 4 heterocycles. The van der Waals surface area contributed by atoms with Gasteiger partial charge in [0.2, 0.25) is 0 Å². The second-order valence-corrected chi connectivity index (χ2v) is 12.4. The second-order valence-electron chi connectivity index (χ2n) is 9.72. The molecular formula is C30H30N6O8S2. The molecule has 0 saturated carbocycles. The summed E-state index contributed by atoms with van der Waals surface area (Å²) in [4.78, 5) is 55.7. The minimum Gasteiger partial charge on any atom is -0.458 e. The van der Waals surface area contributed by atoms with E-state index in [1.807, 2.05) is 12.1 Å². The largest absolute Gasteiger partial charge is 0.458 e. The van der Waals surface area contributed by atoms with Crippen LogP contribution in [-0.2, 0) is 14.2 Å². The van der Waals surface area contributed by atoms with Gasteiger partial charge < -0.3 is 30.4 Å². The molecule has 4 aromatic rings. The molecule has 2 aromatic carbocycles. The zero-order valence-electron chi connectivity index (χ0n) is 24.2. The van der Waals surface area contributed by atoms with Gasteiger partial charge in [-0.15, -0.1) is 11.8 Å². The number of nitrogen functional groups attached to an aromatic ring is 1. The number of ether oxygens (including phenoxy) is 3. The lowest BCUT2D eigenvalue weighted by Gasteiger charge is -2.13. The minimum atomic E-state index is -0.506. The zero-order valence-corrected chi connectivity index (χ0v) is 25.8. The Kier molecular flexibility index (Phi) is 11.2. The van der Waals surface area contributed by atoms with Gasteiger partial charge in [0.1, 0.15) is 39.9 Å². The predicted octanol–water partition coefficient (Wildman–Crippen LogP) is 2.35. The van der Waals surface area contributed by atoms with Crippen molar-refractivity contribution in [3.8, 4) is 0 Å². The molecule has 0 aliphatic carbocycles. The van der Waals surface area contributed by atoms with E-state index < -0.39 is 17.3 Å². The van der Waals surface area contributed by atoms with Crippen molar-refractivity contribution in [1.29, 1.82) is 0 Å². The van der Waals surface area contributed by atoms with Gasteiger partial charge in [-0.1, -0.05) is 48.2 Å². The van der Waals surface area contributed by atoms with Gasteiger partial charge in [0.05, 0.1) is 25.4 Å². The molecule has 46 heavy (non-hydrogen) atoms. The van der Waals surface area contributed by atoms with Crippen LogP contribution in [0.25, 0.3) is 0 Å². The van der Waals surface area contributed by atoms with Crippen LogP contribution >= 0.6 is 23.5 Å². The van der Waals surface area contributed by atoms with Gasteiger partial charge in [0, 0.05) is 18.0 Å². The van der Waals surface area contributed by atoms with E-state index in [0.29, 0.717) is 17.7 Å². The number of nitrogens with two attached hydrogens (primary N) is 1. The molecule has 240 valence electrons. The van der Waals surface area contributed by atoms with Crippen molar-refractivity contribution in [3.05, 3.63) is 117 Å². The first-order valence-corrected chi connectivity index (χ1v) is 15.9. The highest BCUT2D eigenvalue weighted by Crippen LogP contribution is 2.35. The third-order valence-corrected chi connectivity index (χ3v) is 9.07. The number of aliphatic hydroxyl groups is 1. The smallest absolute Gasteiger partial charge is 0.350 e. The maximum absolute atomic E-state index is 12.4. The summed E-state index contributed by atoms with van der Waals surface area (Å²) in [7, 11) is 0. The maximum Gasteiger partial charge on any atom is 0.350 e. The second kappa shape index (κ2) is 15.7. The maximum atomic E-state index is 12.4. The van der Waals surface area contributed by atoms with Crippen LogP contribution in [0.2, 0.25) is 0 Å². The molecule has 4 atom stereocenters. The molecule has 2 aliphatic heterocycles. The molecule has 6 rings (SSSR count). The number of hydrogen-bond donors (Lipinski definition) is 3. The van der Waals surface area contributed by atoms with Gasteiger partial charge in [-0.3, -0.25) is 13.9 Å². The van der Waals surface area contributed by atoms with Gasteiger partial charge in [-0.2, -0.15) is 9.97 Å². The third kappa shape index (κ3) is 8.61. The summed E-state index contributed by atoms with van der Waals surface area (Å²) in [5.74, 6) is -0.388. The summed E-state index contributed by atoms with van der Waals surface area (Å²) in [5, 5.41) is 11.0. The van der Waals surface area contributed by atoms with Gasteiger partial charge in [0.25, 0.3) is 5.91 Å². The molecule has 2 aromatic heterocycles. The number of esters is 1. The fraction of sp³-hybridized carbons (Fsp3) is 0.267. The average Bonchev–Trinajstić information content (AvgIpc) is 3.75. The molecule has 0 bridgehead atoms. The molecule has 0 radical (unpaired) electrons. The number of aliphatic hydroxyl groups excluding tert-OH is 1. The zero-order chi connectivity index (χ0) is 32.5. The number of anilines is 2. The van der Waals surface area contributed by atoms with Gasteiger partial charge in [-0.05, 0) is 36.4 Å². The van der Waals surface area contributed by atoms with E-state index in [0.717, 1.165) is 0 Å². The highest BCUT2D eigenvalue weighted by Gasteiger charge is 2.30. The number of hydrogen-bond acceptors (Lipinski definition) is 13. The molecule has 0 spiro atoms. The third-order valence-electron chi connectivity index (χ3n) is 6.56. The van der Waals surface area contributed by atoms with Crippen LogP contribution in [0.4, 0.5) is 11.6 Å². The lowest BCUT2D eigenvalue weighted by molar-refractivity contribution is 0.0273. The lowest BCUT2D eigenvalue weighted by atomic mass is 10.2. The summed E-state index contributed by atoms with van der Waals surface area (Å²) in [5.41, 5.74) is 4.77. The summed E-state index contributed by atoms with van der Waals surface area (Å²) in [6, 6.07) is 20.5. The molecule has 2 saturated heterocycles. The van der Waals surface area contributed by atoms with Crippen LogP contribution in [0.3, 0.4) is 0 Å². The number of carbonyl (C=O) groups is 2. The van der Waals surface area contributed by atoms with Gasteiger partial charge in [0.15, 0.2) is 0 Å². The van der Waals surface area contributed by atoms with E-state index in [1.54, 1.807) is 73.1 Å². The number of benzene rings is 2. The molecule has 2 aliphatic rings. The Morgan fingerprint density at radius 1 is 0.848 bits per heavy atom. The first-order chi connectivity index (χ1) is 22.3. The first-order valence-electron chi connectivity index (χ1n) is 14.0. The number of carbonyl (C=O) groups excluding carboxylic acids is 2. The Hall–Kier alpha value is -4.48. The summed E-state index contributed by atoms with van der Waals surface area (Å²) in [6.45, 7) is 0.678. The lowest BCUT2D eigenvalue weighted by Crippen LogP contribution is -2.27. The average molecular weight is 667 g/mol. The monoisotopic (exact) mass is 666 g/mol. The number of aromatic nitrogens is 4. The van der Waals surface area contributed by atoms with Crippen LogP contribution in [0.15, 0.2) is 94.8 Å². The van der Waals surface area contributed by atoms with Gasteiger partial charge in [-0.25, -0.2) is 14.4 Å². The van der Waals surface area contributed by atoms with E-state index in [4.69, 9.17) is 25.1 Å². The quantitative estimate of drug-likeness (QED) is 0.233. The Labute approximate surface area is 270 Å². The number of nitrogens with zero attached hydrogens (tertiary/aromatic N) is 4. The topological polar surface area (TPSA) is 190 Å². The number of rotatable bonds is 8. The van der Waals surface area contributed by atoms with Crippen molar-refractivity contribution in [1.82, 2.24) is 19.1 Å². The summed E-state index contributed by atoms with van der Waals surface area (Å²) in [6.07, 6.45) is 3.15. The molecule has 0 unspecified atom stereocenters. The fourth-order valence-electron chi connectivity index (χ4n) is 4.29. The number of nitrogens with one attached hydrogen (secondary N) is 1. The fourth-order valence-corrected chi connectivity index (χ4v) is 6.43. The van der Waals surface area contributed by atoms with Crippen LogP contribution in [0, 0.1) is 0 Å². The van der Waals surface area contributed by atoms with Crippen LogP contribution in [-0.4, -0.2) is 73.4 Å². The highest BCUT2D eigenvalue weighted by molar-refractivity contribution is 8.00. The molecule has 1 amide bonds.